The molecule has 8 nitrogen and oxygen atoms in total. The Morgan fingerprint density at radius 1 is 0.818 bits per heavy atom. The number of aliphatic imine (C=N–C) groups is 1. The molecule has 0 unspecified atom stereocenters. The molecule has 1 aliphatic carbocycles. The van der Waals surface area contributed by atoms with Crippen LogP contribution in [-0.4, -0.2) is 68.3 Å². The fraction of sp³-hybridized carbons (Fsp3) is 0.320. The predicted molar refractivity (Wildman–Crippen MR) is 124 cm³/mol. The fourth-order valence-corrected chi connectivity index (χ4v) is 4.25. The average Bonchev–Trinajstić information content (AvgIpc) is 3.39. The van der Waals surface area contributed by atoms with E-state index < -0.39 is 0 Å². The molecular formula is C25H24N6O2. The van der Waals surface area contributed by atoms with Crippen LogP contribution in [0.15, 0.2) is 53.8 Å². The standard InChI is InChI=1S/C25H24N6O2/c32-20-16-19(28-12-7-15-31-13-5-6-14-31)25(33)24-23(20)29-21(17-8-1-3-10-26-17)22(30-24)18-9-2-4-11-27-18/h1-4,8-11H,5-7,12-16H2. The van der Waals surface area contributed by atoms with E-state index in [0.29, 0.717) is 29.3 Å². The Bertz CT molecular complexity index is 1200. The minimum absolute atomic E-state index is 0.0462. The van der Waals surface area contributed by atoms with E-state index in [1.807, 2.05) is 12.1 Å². The number of aromatic nitrogens is 4. The minimum atomic E-state index is -0.331. The topological polar surface area (TPSA) is 101 Å². The molecule has 33 heavy (non-hydrogen) atoms. The number of rotatable bonds is 6. The third-order valence-electron chi connectivity index (χ3n) is 5.91. The summed E-state index contributed by atoms with van der Waals surface area (Å²) in [6.07, 6.45) is 6.61. The smallest absolute Gasteiger partial charge is 0.227 e. The first kappa shape index (κ1) is 21.2. The largest absolute Gasteiger partial charge is 0.303 e. The molecule has 2 aliphatic rings. The fourth-order valence-electron chi connectivity index (χ4n) is 4.25. The molecule has 0 atom stereocenters. The van der Waals surface area contributed by atoms with Gasteiger partial charge in [-0.15, -0.1) is 0 Å². The molecule has 5 rings (SSSR count). The van der Waals surface area contributed by atoms with Crippen LogP contribution in [0.4, 0.5) is 0 Å². The number of carbonyl (C=O) groups is 2. The van der Waals surface area contributed by atoms with E-state index >= 15 is 0 Å². The van der Waals surface area contributed by atoms with Crippen LogP contribution in [0.25, 0.3) is 22.8 Å². The molecule has 4 heterocycles. The van der Waals surface area contributed by atoms with Crippen molar-refractivity contribution in [2.45, 2.75) is 25.7 Å². The lowest BCUT2D eigenvalue weighted by atomic mass is 9.94. The van der Waals surface area contributed by atoms with Crippen molar-refractivity contribution in [1.82, 2.24) is 24.8 Å². The lowest BCUT2D eigenvalue weighted by molar-refractivity contribution is 0.0957. The van der Waals surface area contributed by atoms with Crippen molar-refractivity contribution in [2.24, 2.45) is 4.99 Å². The highest BCUT2D eigenvalue weighted by atomic mass is 16.1. The molecule has 3 aromatic heterocycles. The Kier molecular flexibility index (Phi) is 6.08. The second-order valence-electron chi connectivity index (χ2n) is 8.21. The third kappa shape index (κ3) is 4.47. The SMILES string of the molecule is O=C1CC(=NCCCN2CCCC2)C(=O)c2nc(-c3ccccn3)c(-c3ccccn3)nc21. The zero-order valence-electron chi connectivity index (χ0n) is 18.3. The van der Waals surface area contributed by atoms with Gasteiger partial charge in [-0.2, -0.15) is 0 Å². The maximum Gasteiger partial charge on any atom is 0.227 e. The van der Waals surface area contributed by atoms with Crippen molar-refractivity contribution >= 4 is 17.3 Å². The maximum absolute atomic E-state index is 13.2. The van der Waals surface area contributed by atoms with Crippen LogP contribution in [0.5, 0.6) is 0 Å². The molecule has 1 fully saturated rings. The van der Waals surface area contributed by atoms with Gasteiger partial charge in [-0.05, 0) is 63.2 Å². The Hall–Kier alpha value is -3.65. The zero-order chi connectivity index (χ0) is 22.6. The quantitative estimate of drug-likeness (QED) is 0.542. The van der Waals surface area contributed by atoms with Crippen LogP contribution in [0, 0.1) is 0 Å². The van der Waals surface area contributed by atoms with Gasteiger partial charge in [0, 0.05) is 18.9 Å². The number of hydrogen-bond donors (Lipinski definition) is 0. The van der Waals surface area contributed by atoms with Crippen molar-refractivity contribution in [3.8, 4) is 22.8 Å². The third-order valence-corrected chi connectivity index (χ3v) is 5.91. The van der Waals surface area contributed by atoms with Crippen LogP contribution < -0.4 is 0 Å². The first-order chi connectivity index (χ1) is 16.2. The molecule has 166 valence electrons. The number of ketones is 2. The summed E-state index contributed by atoms with van der Waals surface area (Å²) in [5.74, 6) is -0.580. The highest BCUT2D eigenvalue weighted by molar-refractivity contribution is 6.52. The Labute approximate surface area is 191 Å². The first-order valence-corrected chi connectivity index (χ1v) is 11.3. The summed E-state index contributed by atoms with van der Waals surface area (Å²) < 4.78 is 0. The number of nitrogens with zero attached hydrogens (tertiary/aromatic N) is 6. The second-order valence-corrected chi connectivity index (χ2v) is 8.21. The Morgan fingerprint density at radius 3 is 2.06 bits per heavy atom. The number of Topliss-reactive ketones (excluding diaryl/α,β-unsaturated/α-hetero) is 2. The number of carbonyl (C=O) groups excluding carboxylic acids is 2. The van der Waals surface area contributed by atoms with Crippen molar-refractivity contribution in [3.63, 3.8) is 0 Å². The highest BCUT2D eigenvalue weighted by Gasteiger charge is 2.34. The average molecular weight is 441 g/mol. The van der Waals surface area contributed by atoms with E-state index in [0.717, 1.165) is 26.1 Å². The number of fused-ring (bicyclic) bond motifs is 1. The summed E-state index contributed by atoms with van der Waals surface area (Å²) in [7, 11) is 0. The molecule has 1 saturated heterocycles. The van der Waals surface area contributed by atoms with Gasteiger partial charge in [0.1, 0.15) is 22.8 Å². The number of hydrogen-bond acceptors (Lipinski definition) is 8. The van der Waals surface area contributed by atoms with Crippen LogP contribution in [0.1, 0.15) is 46.7 Å². The molecule has 1 aliphatic heterocycles. The molecule has 0 aromatic carbocycles. The van der Waals surface area contributed by atoms with Crippen molar-refractivity contribution in [2.75, 3.05) is 26.2 Å². The molecule has 0 radical (unpaired) electrons. The van der Waals surface area contributed by atoms with E-state index in [1.54, 1.807) is 36.7 Å². The summed E-state index contributed by atoms with van der Waals surface area (Å²) in [5, 5.41) is 0. The van der Waals surface area contributed by atoms with Gasteiger partial charge < -0.3 is 4.90 Å². The summed E-state index contributed by atoms with van der Waals surface area (Å²) in [5.41, 5.74) is 2.37. The molecular weight excluding hydrogens is 416 g/mol. The summed E-state index contributed by atoms with van der Waals surface area (Å²) >= 11 is 0. The second kappa shape index (κ2) is 9.46. The van der Waals surface area contributed by atoms with Gasteiger partial charge in [0.2, 0.25) is 5.78 Å². The Balaban J connectivity index is 1.48. The number of likely N-dealkylation sites (tertiary alicyclic amines) is 1. The molecule has 3 aromatic rings. The minimum Gasteiger partial charge on any atom is -0.303 e. The van der Waals surface area contributed by atoms with Gasteiger partial charge >= 0.3 is 0 Å². The summed E-state index contributed by atoms with van der Waals surface area (Å²) in [6.45, 7) is 3.75. The van der Waals surface area contributed by atoms with Gasteiger partial charge in [-0.3, -0.25) is 24.5 Å². The van der Waals surface area contributed by atoms with Gasteiger partial charge in [0.15, 0.2) is 5.78 Å². The number of pyridine rings is 2. The van der Waals surface area contributed by atoms with Gasteiger partial charge in [-0.25, -0.2) is 9.97 Å². The van der Waals surface area contributed by atoms with E-state index in [4.69, 9.17) is 0 Å². The van der Waals surface area contributed by atoms with E-state index in [1.165, 1.54) is 12.8 Å². The molecule has 0 bridgehead atoms. The van der Waals surface area contributed by atoms with Crippen LogP contribution in [-0.2, 0) is 0 Å². The Morgan fingerprint density at radius 2 is 1.45 bits per heavy atom. The predicted octanol–water partition coefficient (Wildman–Crippen LogP) is 3.30. The van der Waals surface area contributed by atoms with Crippen molar-refractivity contribution in [3.05, 3.63) is 60.2 Å². The molecule has 0 saturated carbocycles. The van der Waals surface area contributed by atoms with Crippen molar-refractivity contribution < 1.29 is 9.59 Å². The summed E-state index contributed by atoms with van der Waals surface area (Å²) in [4.78, 5) is 51.0. The van der Waals surface area contributed by atoms with Crippen LogP contribution in [0.3, 0.4) is 0 Å². The monoisotopic (exact) mass is 440 g/mol. The maximum atomic E-state index is 13.2. The van der Waals surface area contributed by atoms with E-state index in [-0.39, 0.29) is 35.1 Å². The highest BCUT2D eigenvalue weighted by Crippen LogP contribution is 2.29. The van der Waals surface area contributed by atoms with Crippen LogP contribution >= 0.6 is 0 Å². The van der Waals surface area contributed by atoms with E-state index in [2.05, 4.69) is 29.8 Å². The first-order valence-electron chi connectivity index (χ1n) is 11.3. The van der Waals surface area contributed by atoms with Crippen LogP contribution in [0.2, 0.25) is 0 Å². The molecule has 0 N–H and O–H groups in total. The van der Waals surface area contributed by atoms with Gasteiger partial charge in [-0.1, -0.05) is 12.1 Å². The van der Waals surface area contributed by atoms with Gasteiger partial charge in [0.05, 0.1) is 23.5 Å². The lowest BCUT2D eigenvalue weighted by Crippen LogP contribution is -2.30. The van der Waals surface area contributed by atoms with E-state index in [9.17, 15) is 9.59 Å². The molecule has 0 spiro atoms. The summed E-state index contributed by atoms with van der Waals surface area (Å²) in [6, 6.07) is 10.9. The zero-order valence-corrected chi connectivity index (χ0v) is 18.3. The van der Waals surface area contributed by atoms with Crippen molar-refractivity contribution in [1.29, 1.82) is 0 Å². The van der Waals surface area contributed by atoms with Gasteiger partial charge in [0.25, 0.3) is 0 Å². The molecule has 8 heteroatoms. The normalized spacial score (nSPS) is 17.5. The molecule has 0 amide bonds. The lowest BCUT2D eigenvalue weighted by Gasteiger charge is -2.18.